The predicted molar refractivity (Wildman–Crippen MR) is 75.0 cm³/mol. The van der Waals surface area contributed by atoms with Gasteiger partial charge in [0.15, 0.2) is 0 Å². The first-order valence-corrected chi connectivity index (χ1v) is 6.79. The molecule has 24 heavy (non-hydrogen) atoms. The van der Waals surface area contributed by atoms with Gasteiger partial charge in [-0.3, -0.25) is 0 Å². The lowest BCUT2D eigenvalue weighted by molar-refractivity contribution is -0.147. The minimum Gasteiger partial charge on any atom is -0.315 e. The molecule has 0 saturated carbocycles. The number of rotatable bonds is 3. The van der Waals surface area contributed by atoms with E-state index in [4.69, 9.17) is 0 Å². The van der Waals surface area contributed by atoms with Crippen molar-refractivity contribution in [3.63, 3.8) is 0 Å². The van der Waals surface area contributed by atoms with E-state index in [9.17, 15) is 26.3 Å². The van der Waals surface area contributed by atoms with Crippen LogP contribution in [0.1, 0.15) is 5.82 Å². The molecule has 0 N–H and O–H groups in total. The SMILES string of the molecule is Fc1ccc2c(nc(C(F)(F)F)n2CC(F)F)c1-c1cc[c]cc1. The number of hydrogen-bond donors (Lipinski definition) is 0. The summed E-state index contributed by atoms with van der Waals surface area (Å²) in [6, 6.07) is 10.5. The number of benzene rings is 2. The summed E-state index contributed by atoms with van der Waals surface area (Å²) in [4.78, 5) is 3.43. The second kappa shape index (κ2) is 5.85. The minimum absolute atomic E-state index is 0.167. The van der Waals surface area contributed by atoms with E-state index in [0.29, 0.717) is 4.57 Å². The van der Waals surface area contributed by atoms with Crippen molar-refractivity contribution in [1.29, 1.82) is 0 Å². The molecule has 0 unspecified atom stereocenters. The van der Waals surface area contributed by atoms with Crippen molar-refractivity contribution >= 4 is 11.0 Å². The molecule has 0 aliphatic rings. The van der Waals surface area contributed by atoms with Crippen LogP contribution in [0.15, 0.2) is 36.4 Å². The minimum atomic E-state index is -4.94. The molecule has 1 radical (unpaired) electrons. The molecule has 125 valence electrons. The van der Waals surface area contributed by atoms with Crippen LogP contribution in [-0.4, -0.2) is 16.0 Å². The van der Waals surface area contributed by atoms with E-state index in [2.05, 4.69) is 11.1 Å². The molecule has 0 saturated heterocycles. The summed E-state index contributed by atoms with van der Waals surface area (Å²) in [5.74, 6) is -2.27. The van der Waals surface area contributed by atoms with Gasteiger partial charge in [0, 0.05) is 5.56 Å². The fourth-order valence-corrected chi connectivity index (χ4v) is 2.53. The van der Waals surface area contributed by atoms with E-state index < -0.39 is 30.8 Å². The monoisotopic (exact) mass is 343 g/mol. The van der Waals surface area contributed by atoms with Crippen LogP contribution in [0, 0.1) is 11.9 Å². The largest absolute Gasteiger partial charge is 0.449 e. The maximum absolute atomic E-state index is 14.2. The van der Waals surface area contributed by atoms with Gasteiger partial charge in [0.2, 0.25) is 5.82 Å². The molecule has 0 aliphatic heterocycles. The summed E-state index contributed by atoms with van der Waals surface area (Å²) in [6.07, 6.45) is -7.95. The van der Waals surface area contributed by atoms with Gasteiger partial charge < -0.3 is 4.57 Å². The summed E-state index contributed by atoms with van der Waals surface area (Å²) in [5, 5.41) is 0. The third-order valence-corrected chi connectivity index (χ3v) is 3.45. The van der Waals surface area contributed by atoms with E-state index in [1.54, 1.807) is 0 Å². The second-order valence-electron chi connectivity index (χ2n) is 5.01. The molecule has 0 atom stereocenters. The fourth-order valence-electron chi connectivity index (χ4n) is 2.53. The van der Waals surface area contributed by atoms with Crippen LogP contribution in [0.25, 0.3) is 22.2 Å². The van der Waals surface area contributed by atoms with Crippen molar-refractivity contribution < 1.29 is 26.3 Å². The highest BCUT2D eigenvalue weighted by Gasteiger charge is 2.38. The van der Waals surface area contributed by atoms with Gasteiger partial charge in [-0.1, -0.05) is 24.3 Å². The molecule has 0 fully saturated rings. The standard InChI is InChI=1S/C16H9F6N2/c17-10-6-7-11-14(13(10)9-4-2-1-3-5-9)23-15(16(20,21)22)24(11)8-12(18)19/h2-7,12H,8H2. The summed E-state index contributed by atoms with van der Waals surface area (Å²) < 4.78 is 79.4. The Kier molecular flexibility index (Phi) is 3.98. The lowest BCUT2D eigenvalue weighted by Gasteiger charge is -2.10. The number of nitrogens with zero attached hydrogens (tertiary/aromatic N) is 2. The molecule has 1 aromatic heterocycles. The average molecular weight is 343 g/mol. The Labute approximate surface area is 132 Å². The molecule has 3 aromatic rings. The van der Waals surface area contributed by atoms with Crippen molar-refractivity contribution in [1.82, 2.24) is 9.55 Å². The van der Waals surface area contributed by atoms with E-state index in [-0.39, 0.29) is 22.2 Å². The van der Waals surface area contributed by atoms with Gasteiger partial charge in [0.05, 0.1) is 17.6 Å². The third-order valence-electron chi connectivity index (χ3n) is 3.45. The van der Waals surface area contributed by atoms with Gasteiger partial charge in [-0.15, -0.1) is 0 Å². The molecular weight excluding hydrogens is 334 g/mol. The second-order valence-corrected chi connectivity index (χ2v) is 5.01. The molecule has 8 heteroatoms. The van der Waals surface area contributed by atoms with E-state index in [1.807, 2.05) is 0 Å². The molecule has 1 heterocycles. The van der Waals surface area contributed by atoms with Crippen LogP contribution in [-0.2, 0) is 12.7 Å². The number of alkyl halides is 5. The summed E-state index contributed by atoms with van der Waals surface area (Å²) in [6.45, 7) is -1.18. The van der Waals surface area contributed by atoms with Crippen LogP contribution < -0.4 is 0 Å². The Bertz CT molecular complexity index is 868. The first kappa shape index (κ1) is 16.4. The molecule has 0 aliphatic carbocycles. The first-order chi connectivity index (χ1) is 11.3. The Hall–Kier alpha value is -2.51. The third kappa shape index (κ3) is 2.83. The number of hydrogen-bond acceptors (Lipinski definition) is 1. The van der Waals surface area contributed by atoms with E-state index in [0.717, 1.165) is 12.1 Å². The van der Waals surface area contributed by atoms with Gasteiger partial charge in [-0.25, -0.2) is 18.2 Å². The molecule has 0 spiro atoms. The maximum Gasteiger partial charge on any atom is 0.449 e. The van der Waals surface area contributed by atoms with E-state index >= 15 is 0 Å². The Morgan fingerprint density at radius 2 is 1.75 bits per heavy atom. The van der Waals surface area contributed by atoms with E-state index in [1.165, 1.54) is 24.3 Å². The highest BCUT2D eigenvalue weighted by Crippen LogP contribution is 2.36. The zero-order valence-electron chi connectivity index (χ0n) is 11.9. The van der Waals surface area contributed by atoms with Crippen molar-refractivity contribution in [2.75, 3.05) is 0 Å². The van der Waals surface area contributed by atoms with Crippen molar-refractivity contribution in [2.45, 2.75) is 19.1 Å². The zero-order valence-corrected chi connectivity index (χ0v) is 11.9. The number of imidazole rings is 1. The van der Waals surface area contributed by atoms with Gasteiger partial charge >= 0.3 is 6.18 Å². The lowest BCUT2D eigenvalue weighted by Crippen LogP contribution is -2.17. The van der Waals surface area contributed by atoms with Crippen molar-refractivity contribution in [3.8, 4) is 11.1 Å². The van der Waals surface area contributed by atoms with Crippen LogP contribution in [0.5, 0.6) is 0 Å². The molecule has 0 amide bonds. The Balaban J connectivity index is 2.35. The normalized spacial score (nSPS) is 12.3. The van der Waals surface area contributed by atoms with Gasteiger partial charge in [0.1, 0.15) is 5.82 Å². The van der Waals surface area contributed by atoms with Gasteiger partial charge in [-0.05, 0) is 23.8 Å². The quantitative estimate of drug-likeness (QED) is 0.617. The molecule has 3 rings (SSSR count). The maximum atomic E-state index is 14.2. The molecule has 2 nitrogen and oxygen atoms in total. The summed E-state index contributed by atoms with van der Waals surface area (Å²) in [7, 11) is 0. The molecular formula is C16H9F6N2. The first-order valence-electron chi connectivity index (χ1n) is 6.79. The Morgan fingerprint density at radius 3 is 2.33 bits per heavy atom. The van der Waals surface area contributed by atoms with Crippen molar-refractivity contribution in [2.24, 2.45) is 0 Å². The van der Waals surface area contributed by atoms with Crippen molar-refractivity contribution in [3.05, 3.63) is 54.1 Å². The highest BCUT2D eigenvalue weighted by atomic mass is 19.4. The van der Waals surface area contributed by atoms with Gasteiger partial charge in [-0.2, -0.15) is 13.2 Å². The fraction of sp³-hybridized carbons (Fsp3) is 0.188. The highest BCUT2D eigenvalue weighted by molar-refractivity contribution is 5.93. The molecule has 2 aromatic carbocycles. The topological polar surface area (TPSA) is 17.8 Å². The number of aromatic nitrogens is 2. The van der Waals surface area contributed by atoms with Gasteiger partial charge in [0.25, 0.3) is 6.43 Å². The smallest absolute Gasteiger partial charge is 0.315 e. The number of fused-ring (bicyclic) bond motifs is 1. The molecule has 0 bridgehead atoms. The number of halogens is 6. The Morgan fingerprint density at radius 1 is 1.08 bits per heavy atom. The summed E-state index contributed by atoms with van der Waals surface area (Å²) in [5.41, 5.74) is -0.395. The van der Waals surface area contributed by atoms with Crippen LogP contribution in [0.4, 0.5) is 26.3 Å². The predicted octanol–water partition coefficient (Wildman–Crippen LogP) is 4.93. The zero-order chi connectivity index (χ0) is 17.5. The van der Waals surface area contributed by atoms with Crippen LogP contribution in [0.2, 0.25) is 0 Å². The lowest BCUT2D eigenvalue weighted by atomic mass is 10.0. The van der Waals surface area contributed by atoms with Crippen LogP contribution in [0.3, 0.4) is 0 Å². The van der Waals surface area contributed by atoms with Crippen LogP contribution >= 0.6 is 0 Å². The summed E-state index contributed by atoms with van der Waals surface area (Å²) >= 11 is 0. The average Bonchev–Trinajstić information content (AvgIpc) is 2.86.